The van der Waals surface area contributed by atoms with Crippen molar-refractivity contribution < 1.29 is 4.79 Å². The third-order valence-corrected chi connectivity index (χ3v) is 5.63. The third-order valence-electron chi connectivity index (χ3n) is 5.63. The SMILES string of the molecule is O=C1C=C(c2ccccc2)C(N2CCC(Cc3ccccc3)CC2)C1. The Balaban J connectivity index is 1.40. The maximum atomic E-state index is 12.1. The lowest BCUT2D eigenvalue weighted by molar-refractivity contribution is -0.114. The lowest BCUT2D eigenvalue weighted by Gasteiger charge is -2.37. The van der Waals surface area contributed by atoms with Crippen molar-refractivity contribution >= 4 is 11.4 Å². The molecule has 0 amide bonds. The molecule has 1 atom stereocenters. The van der Waals surface area contributed by atoms with E-state index in [0.717, 1.165) is 19.0 Å². The maximum Gasteiger partial charge on any atom is 0.157 e. The number of nitrogens with zero attached hydrogens (tertiary/aromatic N) is 1. The molecule has 1 heterocycles. The summed E-state index contributed by atoms with van der Waals surface area (Å²) >= 11 is 0. The van der Waals surface area contributed by atoms with Crippen LogP contribution in [0, 0.1) is 5.92 Å². The fourth-order valence-electron chi connectivity index (χ4n) is 4.28. The van der Waals surface area contributed by atoms with Crippen LogP contribution >= 0.6 is 0 Å². The summed E-state index contributed by atoms with van der Waals surface area (Å²) in [7, 11) is 0. The van der Waals surface area contributed by atoms with Crippen LogP contribution in [0.5, 0.6) is 0 Å². The van der Waals surface area contributed by atoms with E-state index in [1.54, 1.807) is 0 Å². The van der Waals surface area contributed by atoms with E-state index in [2.05, 4.69) is 59.5 Å². The van der Waals surface area contributed by atoms with Gasteiger partial charge >= 0.3 is 0 Å². The zero-order valence-electron chi connectivity index (χ0n) is 14.6. The Labute approximate surface area is 150 Å². The van der Waals surface area contributed by atoms with Gasteiger partial charge in [-0.2, -0.15) is 0 Å². The molecule has 1 aliphatic heterocycles. The number of carbonyl (C=O) groups is 1. The Hall–Kier alpha value is -2.19. The fraction of sp³-hybridized carbons (Fsp3) is 0.348. The Morgan fingerprint density at radius 2 is 1.52 bits per heavy atom. The van der Waals surface area contributed by atoms with E-state index in [-0.39, 0.29) is 11.8 Å². The number of piperidine rings is 1. The predicted molar refractivity (Wildman–Crippen MR) is 102 cm³/mol. The highest BCUT2D eigenvalue weighted by atomic mass is 16.1. The maximum absolute atomic E-state index is 12.1. The van der Waals surface area contributed by atoms with Crippen LogP contribution < -0.4 is 0 Å². The molecule has 0 N–H and O–H groups in total. The van der Waals surface area contributed by atoms with Gasteiger partial charge in [0.05, 0.1) is 0 Å². The number of hydrogen-bond donors (Lipinski definition) is 0. The van der Waals surface area contributed by atoms with Crippen LogP contribution in [-0.4, -0.2) is 29.8 Å². The average Bonchev–Trinajstić information content (AvgIpc) is 3.06. The second kappa shape index (κ2) is 7.37. The molecule has 25 heavy (non-hydrogen) atoms. The smallest absolute Gasteiger partial charge is 0.157 e. The van der Waals surface area contributed by atoms with Crippen LogP contribution in [-0.2, 0) is 11.2 Å². The van der Waals surface area contributed by atoms with Crippen molar-refractivity contribution in [1.29, 1.82) is 0 Å². The van der Waals surface area contributed by atoms with Crippen molar-refractivity contribution in [2.24, 2.45) is 5.92 Å². The van der Waals surface area contributed by atoms with Gasteiger partial charge in [0, 0.05) is 12.5 Å². The third kappa shape index (κ3) is 3.74. The molecular formula is C23H25NO. The second-order valence-electron chi connectivity index (χ2n) is 7.32. The summed E-state index contributed by atoms with van der Waals surface area (Å²) in [6, 6.07) is 21.5. The number of likely N-dealkylation sites (tertiary alicyclic amines) is 1. The number of ketones is 1. The van der Waals surface area contributed by atoms with Gasteiger partial charge in [0.15, 0.2) is 5.78 Å². The fourth-order valence-corrected chi connectivity index (χ4v) is 4.28. The summed E-state index contributed by atoms with van der Waals surface area (Å²) in [6.07, 6.45) is 6.15. The Kier molecular flexibility index (Phi) is 4.80. The Morgan fingerprint density at radius 3 is 2.20 bits per heavy atom. The first-order valence-electron chi connectivity index (χ1n) is 9.37. The number of rotatable bonds is 4. The van der Waals surface area contributed by atoms with Crippen LogP contribution in [0.15, 0.2) is 66.7 Å². The van der Waals surface area contributed by atoms with Crippen molar-refractivity contribution in [3.63, 3.8) is 0 Å². The molecule has 0 radical (unpaired) electrons. The van der Waals surface area contributed by atoms with Gasteiger partial charge in [-0.1, -0.05) is 60.7 Å². The van der Waals surface area contributed by atoms with E-state index >= 15 is 0 Å². The lowest BCUT2D eigenvalue weighted by Crippen LogP contribution is -2.41. The molecule has 1 fully saturated rings. The first-order chi connectivity index (χ1) is 12.3. The van der Waals surface area contributed by atoms with Crippen molar-refractivity contribution in [1.82, 2.24) is 4.90 Å². The summed E-state index contributed by atoms with van der Waals surface area (Å²) in [5, 5.41) is 0. The minimum Gasteiger partial charge on any atom is -0.296 e. The zero-order chi connectivity index (χ0) is 17.1. The molecule has 2 aliphatic rings. The molecular weight excluding hydrogens is 306 g/mol. The van der Waals surface area contributed by atoms with Crippen molar-refractivity contribution in [2.45, 2.75) is 31.7 Å². The molecule has 0 saturated carbocycles. The first kappa shape index (κ1) is 16.3. The standard InChI is InChI=1S/C23H25NO/c25-21-16-22(20-9-5-2-6-10-20)23(17-21)24-13-11-19(12-14-24)15-18-7-3-1-4-8-18/h1-10,16,19,23H,11-15,17H2. The van der Waals surface area contributed by atoms with Crippen molar-refractivity contribution in [3.05, 3.63) is 77.9 Å². The van der Waals surface area contributed by atoms with Crippen LogP contribution in [0.2, 0.25) is 0 Å². The summed E-state index contributed by atoms with van der Waals surface area (Å²) in [5.74, 6) is 1.04. The molecule has 0 bridgehead atoms. The Bertz CT molecular complexity index is 742. The summed E-state index contributed by atoms with van der Waals surface area (Å²) < 4.78 is 0. The average molecular weight is 331 g/mol. The van der Waals surface area contributed by atoms with Gasteiger partial charge in [0.25, 0.3) is 0 Å². The molecule has 1 saturated heterocycles. The van der Waals surface area contributed by atoms with E-state index in [1.807, 2.05) is 12.1 Å². The van der Waals surface area contributed by atoms with Crippen molar-refractivity contribution in [2.75, 3.05) is 13.1 Å². The number of allylic oxidation sites excluding steroid dienone is 1. The van der Waals surface area contributed by atoms with Crippen LogP contribution in [0.1, 0.15) is 30.4 Å². The normalized spacial score (nSPS) is 22.2. The molecule has 2 heteroatoms. The molecule has 2 aromatic carbocycles. The minimum absolute atomic E-state index is 0.271. The van der Waals surface area contributed by atoms with Gasteiger partial charge in [0.2, 0.25) is 0 Å². The minimum atomic E-state index is 0.271. The number of benzene rings is 2. The second-order valence-corrected chi connectivity index (χ2v) is 7.32. The van der Waals surface area contributed by atoms with E-state index in [4.69, 9.17) is 0 Å². The highest BCUT2D eigenvalue weighted by Gasteiger charge is 2.33. The van der Waals surface area contributed by atoms with Crippen molar-refractivity contribution in [3.8, 4) is 0 Å². The molecule has 2 nitrogen and oxygen atoms in total. The van der Waals surface area contributed by atoms with Crippen LogP contribution in [0.4, 0.5) is 0 Å². The van der Waals surface area contributed by atoms with E-state index in [1.165, 1.54) is 36.0 Å². The molecule has 2 aromatic rings. The van der Waals surface area contributed by atoms with Gasteiger partial charge in [-0.05, 0) is 61.0 Å². The van der Waals surface area contributed by atoms with Crippen LogP contribution in [0.25, 0.3) is 5.57 Å². The molecule has 1 unspecified atom stereocenters. The largest absolute Gasteiger partial charge is 0.296 e. The van der Waals surface area contributed by atoms with Gasteiger partial charge in [0.1, 0.15) is 0 Å². The van der Waals surface area contributed by atoms with E-state index in [9.17, 15) is 4.79 Å². The van der Waals surface area contributed by atoms with E-state index in [0.29, 0.717) is 6.42 Å². The molecule has 0 spiro atoms. The van der Waals surface area contributed by atoms with Gasteiger partial charge in [-0.25, -0.2) is 0 Å². The molecule has 4 rings (SSSR count). The number of hydrogen-bond acceptors (Lipinski definition) is 2. The summed E-state index contributed by atoms with van der Waals surface area (Å²) in [6.45, 7) is 2.19. The lowest BCUT2D eigenvalue weighted by atomic mass is 9.88. The predicted octanol–water partition coefficient (Wildman–Crippen LogP) is 4.37. The molecule has 1 aliphatic carbocycles. The highest BCUT2D eigenvalue weighted by molar-refractivity contribution is 6.03. The van der Waals surface area contributed by atoms with Gasteiger partial charge in [-0.3, -0.25) is 9.69 Å². The molecule has 128 valence electrons. The summed E-state index contributed by atoms with van der Waals surface area (Å²) in [4.78, 5) is 14.6. The monoisotopic (exact) mass is 331 g/mol. The summed E-state index contributed by atoms with van der Waals surface area (Å²) in [5.41, 5.74) is 3.86. The van der Waals surface area contributed by atoms with Gasteiger partial charge in [-0.15, -0.1) is 0 Å². The van der Waals surface area contributed by atoms with Crippen LogP contribution in [0.3, 0.4) is 0 Å². The van der Waals surface area contributed by atoms with Gasteiger partial charge < -0.3 is 0 Å². The topological polar surface area (TPSA) is 20.3 Å². The Morgan fingerprint density at radius 1 is 0.880 bits per heavy atom. The zero-order valence-corrected chi connectivity index (χ0v) is 14.6. The first-order valence-corrected chi connectivity index (χ1v) is 9.37. The molecule has 0 aromatic heterocycles. The van der Waals surface area contributed by atoms with E-state index < -0.39 is 0 Å². The number of carbonyl (C=O) groups excluding carboxylic acids is 1. The highest BCUT2D eigenvalue weighted by Crippen LogP contribution is 2.33. The quantitative estimate of drug-likeness (QED) is 0.829.